The fraction of sp³-hybridized carbons (Fsp3) is 0.350. The first-order chi connectivity index (χ1) is 15.2. The van der Waals surface area contributed by atoms with E-state index in [9.17, 15) is 17.6 Å². The molecule has 1 aromatic carbocycles. The van der Waals surface area contributed by atoms with Crippen molar-refractivity contribution in [1.82, 2.24) is 19.7 Å². The zero-order chi connectivity index (χ0) is 22.9. The second-order valence-electron chi connectivity index (χ2n) is 7.53. The molecule has 3 aromatic rings. The summed E-state index contributed by atoms with van der Waals surface area (Å²) in [7, 11) is -2.50. The minimum atomic E-state index is -4.36. The van der Waals surface area contributed by atoms with Crippen LogP contribution in [0.25, 0.3) is 0 Å². The van der Waals surface area contributed by atoms with E-state index in [2.05, 4.69) is 19.8 Å². The summed E-state index contributed by atoms with van der Waals surface area (Å²) in [6, 6.07) is 5.13. The lowest BCUT2D eigenvalue weighted by Gasteiger charge is -2.32. The van der Waals surface area contributed by atoms with Crippen LogP contribution in [0.15, 0.2) is 46.3 Å². The second-order valence-corrected chi connectivity index (χ2v) is 9.59. The summed E-state index contributed by atoms with van der Waals surface area (Å²) in [6.07, 6.45) is 6.24. The number of sulfonamides is 1. The minimum Gasteiger partial charge on any atom is -0.488 e. The van der Waals surface area contributed by atoms with Crippen LogP contribution in [-0.2, 0) is 17.1 Å². The van der Waals surface area contributed by atoms with Crippen LogP contribution in [-0.4, -0.2) is 34.3 Å². The summed E-state index contributed by atoms with van der Waals surface area (Å²) in [5.74, 6) is -1.05. The highest BCUT2D eigenvalue weighted by Gasteiger charge is 2.31. The molecule has 0 spiro atoms. The highest BCUT2D eigenvalue weighted by Crippen LogP contribution is 2.38. The topological polar surface area (TPSA) is 119 Å². The monoisotopic (exact) mass is 481 g/mol. The second kappa shape index (κ2) is 8.91. The van der Waals surface area contributed by atoms with Gasteiger partial charge in [0.1, 0.15) is 28.4 Å². The normalized spacial score (nSPS) is 19.0. The van der Waals surface area contributed by atoms with Gasteiger partial charge in [0.05, 0.1) is 5.02 Å². The number of aryl methyl sites for hydroxylation is 1. The lowest BCUT2D eigenvalue weighted by atomic mass is 9.84. The molecule has 2 atom stereocenters. The summed E-state index contributed by atoms with van der Waals surface area (Å²) in [6.45, 7) is 0. The Labute approximate surface area is 188 Å². The summed E-state index contributed by atoms with van der Waals surface area (Å²) in [5, 5.41) is 4.18. The molecule has 12 heteroatoms. The molecule has 9 nitrogen and oxygen atoms in total. The van der Waals surface area contributed by atoms with Gasteiger partial charge in [0.15, 0.2) is 0 Å². The molecule has 0 unspecified atom stereocenters. The molecule has 1 fully saturated rings. The van der Waals surface area contributed by atoms with Crippen molar-refractivity contribution < 1.29 is 17.5 Å². The summed E-state index contributed by atoms with van der Waals surface area (Å²) in [4.78, 5) is 16.2. The van der Waals surface area contributed by atoms with E-state index in [1.54, 1.807) is 10.9 Å². The predicted octanol–water partition coefficient (Wildman–Crippen LogP) is 3.20. The maximum Gasteiger partial charge on any atom is 0.346 e. The molecule has 0 amide bonds. The molecule has 1 saturated carbocycles. The molecule has 2 aromatic heterocycles. The summed E-state index contributed by atoms with van der Waals surface area (Å²) < 4.78 is 50.1. The highest BCUT2D eigenvalue weighted by molar-refractivity contribution is 7.92. The van der Waals surface area contributed by atoms with Crippen molar-refractivity contribution >= 4 is 27.4 Å². The number of halogens is 2. The third-order valence-corrected chi connectivity index (χ3v) is 7.09. The van der Waals surface area contributed by atoms with Crippen LogP contribution in [0, 0.1) is 5.82 Å². The Morgan fingerprint density at radius 3 is 2.75 bits per heavy atom. The molecule has 1 aliphatic carbocycles. The van der Waals surface area contributed by atoms with Crippen LogP contribution in [0.5, 0.6) is 5.75 Å². The number of benzene rings is 1. The fourth-order valence-corrected chi connectivity index (χ4v) is 5.30. The average Bonchev–Trinajstić information content (AvgIpc) is 3.16. The van der Waals surface area contributed by atoms with Gasteiger partial charge in [-0.2, -0.15) is 5.10 Å². The number of H-pyrrole nitrogens is 1. The molecule has 4 rings (SSSR count). The van der Waals surface area contributed by atoms with Gasteiger partial charge in [-0.3, -0.25) is 14.4 Å². The number of hydrogen-bond donors (Lipinski definition) is 2. The summed E-state index contributed by atoms with van der Waals surface area (Å²) >= 11 is 6.29. The Morgan fingerprint density at radius 2 is 2.03 bits per heavy atom. The number of nitrogens with one attached hydrogen (secondary N) is 2. The molecule has 0 radical (unpaired) electrons. The zero-order valence-corrected chi connectivity index (χ0v) is 18.7. The molecule has 2 heterocycles. The third-order valence-electron chi connectivity index (χ3n) is 5.41. The number of aromatic amines is 1. The zero-order valence-electron chi connectivity index (χ0n) is 17.1. The molecule has 0 bridgehead atoms. The van der Waals surface area contributed by atoms with E-state index >= 15 is 0 Å². The van der Waals surface area contributed by atoms with Crippen molar-refractivity contribution in [3.8, 4) is 5.75 Å². The number of hydrogen-bond acceptors (Lipinski definition) is 6. The van der Waals surface area contributed by atoms with E-state index < -0.39 is 26.4 Å². The van der Waals surface area contributed by atoms with E-state index in [4.69, 9.17) is 16.3 Å². The Morgan fingerprint density at radius 1 is 1.25 bits per heavy atom. The number of ether oxygens (including phenoxy) is 1. The first-order valence-electron chi connectivity index (χ1n) is 9.96. The SMILES string of the molecule is Cn1nccc1[C@H]1CCCC[C@@H]1Oc1cc(F)c(S(=O)(=O)Nc2ccnc(=O)[nH]2)cc1Cl. The van der Waals surface area contributed by atoms with Crippen molar-refractivity contribution in [2.75, 3.05) is 4.72 Å². The number of aromatic nitrogens is 4. The van der Waals surface area contributed by atoms with Crippen molar-refractivity contribution in [1.29, 1.82) is 0 Å². The van der Waals surface area contributed by atoms with Crippen LogP contribution in [0.3, 0.4) is 0 Å². The van der Waals surface area contributed by atoms with Gasteiger partial charge in [-0.25, -0.2) is 22.6 Å². The van der Waals surface area contributed by atoms with E-state index in [0.717, 1.165) is 49.7 Å². The highest BCUT2D eigenvalue weighted by atomic mass is 35.5. The van der Waals surface area contributed by atoms with Crippen LogP contribution in [0.1, 0.15) is 37.3 Å². The smallest absolute Gasteiger partial charge is 0.346 e. The largest absolute Gasteiger partial charge is 0.488 e. The fourth-order valence-electron chi connectivity index (χ4n) is 3.92. The van der Waals surface area contributed by atoms with Crippen molar-refractivity contribution in [2.24, 2.45) is 7.05 Å². The van der Waals surface area contributed by atoms with Gasteiger partial charge in [0, 0.05) is 37.1 Å². The Kier molecular flexibility index (Phi) is 6.20. The Bertz CT molecular complexity index is 1290. The molecule has 32 heavy (non-hydrogen) atoms. The Hall–Kier alpha value is -2.92. The van der Waals surface area contributed by atoms with Crippen molar-refractivity contribution in [2.45, 2.75) is 42.6 Å². The van der Waals surface area contributed by atoms with Gasteiger partial charge in [-0.05, 0) is 37.5 Å². The van der Waals surface area contributed by atoms with Gasteiger partial charge < -0.3 is 4.74 Å². The van der Waals surface area contributed by atoms with E-state index in [1.165, 1.54) is 6.07 Å². The van der Waals surface area contributed by atoms with Gasteiger partial charge in [-0.1, -0.05) is 18.0 Å². The van der Waals surface area contributed by atoms with Crippen molar-refractivity contribution in [3.05, 3.63) is 63.7 Å². The van der Waals surface area contributed by atoms with Gasteiger partial charge >= 0.3 is 5.69 Å². The molecule has 0 saturated heterocycles. The molecule has 0 aliphatic heterocycles. The van der Waals surface area contributed by atoms with E-state index in [-0.39, 0.29) is 28.6 Å². The first kappa shape index (κ1) is 22.3. The lowest BCUT2D eigenvalue weighted by Crippen LogP contribution is -2.30. The van der Waals surface area contributed by atoms with Crippen LogP contribution >= 0.6 is 11.6 Å². The Balaban J connectivity index is 1.59. The van der Waals surface area contributed by atoms with Crippen LogP contribution in [0.4, 0.5) is 10.2 Å². The van der Waals surface area contributed by atoms with E-state index in [0.29, 0.717) is 0 Å². The molecular weight excluding hydrogens is 461 g/mol. The maximum atomic E-state index is 14.8. The number of nitrogens with zero attached hydrogens (tertiary/aromatic N) is 3. The predicted molar refractivity (Wildman–Crippen MR) is 116 cm³/mol. The molecule has 2 N–H and O–H groups in total. The van der Waals surface area contributed by atoms with Gasteiger partial charge in [0.2, 0.25) is 0 Å². The van der Waals surface area contributed by atoms with Gasteiger partial charge in [-0.15, -0.1) is 0 Å². The molecular formula is C20H21ClFN5O4S. The average molecular weight is 482 g/mol. The summed E-state index contributed by atoms with van der Waals surface area (Å²) in [5.41, 5.74) is 0.268. The lowest BCUT2D eigenvalue weighted by molar-refractivity contribution is 0.126. The standard InChI is InChI=1S/C20H21ClFN5O4S/c1-27-15(6-9-24-27)12-4-2-3-5-16(12)31-17-11-14(22)18(10-13(17)21)32(29,30)26-19-7-8-23-20(28)25-19/h6-12,16H,2-5H2,1H3,(H2,23,25,26,28)/t12-,16+/m1/s1. The number of rotatable bonds is 6. The first-order valence-corrected chi connectivity index (χ1v) is 11.8. The van der Waals surface area contributed by atoms with Crippen molar-refractivity contribution in [3.63, 3.8) is 0 Å². The van der Waals surface area contributed by atoms with E-state index in [1.807, 2.05) is 13.1 Å². The number of anilines is 1. The third kappa shape index (κ3) is 4.63. The van der Waals surface area contributed by atoms with Crippen LogP contribution < -0.4 is 15.1 Å². The minimum absolute atomic E-state index is 0.0377. The molecule has 170 valence electrons. The maximum absolute atomic E-state index is 14.8. The molecule has 1 aliphatic rings. The van der Waals surface area contributed by atoms with Crippen LogP contribution in [0.2, 0.25) is 5.02 Å². The van der Waals surface area contributed by atoms with Gasteiger partial charge in [0.25, 0.3) is 10.0 Å². The quantitative estimate of drug-likeness (QED) is 0.558.